The van der Waals surface area contributed by atoms with Crippen LogP contribution in [0.2, 0.25) is 0 Å². The van der Waals surface area contributed by atoms with Crippen LogP contribution >= 0.6 is 0 Å². The quantitative estimate of drug-likeness (QED) is 0.854. The SMILES string of the molecule is CC(CO)CNC(=O)C1CC(=O)N(c2ccc(F)cc2F)C1. The van der Waals surface area contributed by atoms with E-state index in [4.69, 9.17) is 5.11 Å². The fourth-order valence-electron chi connectivity index (χ4n) is 2.30. The Bertz CT molecular complexity index is 580. The summed E-state index contributed by atoms with van der Waals surface area (Å²) >= 11 is 0. The molecule has 2 atom stereocenters. The topological polar surface area (TPSA) is 69.6 Å². The van der Waals surface area contributed by atoms with E-state index in [0.29, 0.717) is 12.6 Å². The molecule has 22 heavy (non-hydrogen) atoms. The zero-order chi connectivity index (χ0) is 16.3. The van der Waals surface area contributed by atoms with Crippen LogP contribution in [0.25, 0.3) is 0 Å². The van der Waals surface area contributed by atoms with Gasteiger partial charge in [0, 0.05) is 32.2 Å². The van der Waals surface area contributed by atoms with Gasteiger partial charge in [0.15, 0.2) is 0 Å². The number of anilines is 1. The van der Waals surface area contributed by atoms with Crippen molar-refractivity contribution >= 4 is 17.5 Å². The third-order valence-corrected chi connectivity index (χ3v) is 3.63. The first kappa shape index (κ1) is 16.4. The molecule has 0 bridgehead atoms. The summed E-state index contributed by atoms with van der Waals surface area (Å²) in [6.45, 7) is 2.10. The summed E-state index contributed by atoms with van der Waals surface area (Å²) < 4.78 is 26.7. The van der Waals surface area contributed by atoms with Crippen molar-refractivity contribution in [2.24, 2.45) is 11.8 Å². The molecule has 0 aromatic heterocycles. The van der Waals surface area contributed by atoms with Crippen LogP contribution in [0.15, 0.2) is 18.2 Å². The first-order chi connectivity index (χ1) is 10.4. The molecule has 1 fully saturated rings. The molecule has 2 N–H and O–H groups in total. The Kier molecular flexibility index (Phi) is 5.07. The summed E-state index contributed by atoms with van der Waals surface area (Å²) in [6, 6.07) is 2.97. The van der Waals surface area contributed by atoms with Crippen LogP contribution in [0.3, 0.4) is 0 Å². The summed E-state index contributed by atoms with van der Waals surface area (Å²) in [4.78, 5) is 25.1. The number of aliphatic hydroxyl groups excluding tert-OH is 1. The highest BCUT2D eigenvalue weighted by Crippen LogP contribution is 2.27. The second kappa shape index (κ2) is 6.83. The van der Waals surface area contributed by atoms with Gasteiger partial charge >= 0.3 is 0 Å². The van der Waals surface area contributed by atoms with Crippen LogP contribution in [-0.2, 0) is 9.59 Å². The normalized spacial score (nSPS) is 19.4. The van der Waals surface area contributed by atoms with Crippen LogP contribution in [0, 0.1) is 23.5 Å². The average Bonchev–Trinajstić information content (AvgIpc) is 2.86. The fourth-order valence-corrected chi connectivity index (χ4v) is 2.30. The summed E-state index contributed by atoms with van der Waals surface area (Å²) in [7, 11) is 0. The molecule has 0 saturated carbocycles. The Labute approximate surface area is 126 Å². The molecule has 1 aromatic carbocycles. The molecule has 1 aromatic rings. The molecular formula is C15H18F2N2O3. The largest absolute Gasteiger partial charge is 0.396 e. The van der Waals surface area contributed by atoms with Gasteiger partial charge in [-0.1, -0.05) is 6.92 Å². The minimum Gasteiger partial charge on any atom is -0.396 e. The Balaban J connectivity index is 2.03. The predicted molar refractivity (Wildman–Crippen MR) is 76.1 cm³/mol. The zero-order valence-corrected chi connectivity index (χ0v) is 12.2. The standard InChI is InChI=1S/C15H18F2N2O3/c1-9(8-20)6-18-15(22)10-4-14(21)19(7-10)13-3-2-11(16)5-12(13)17/h2-3,5,9-10,20H,4,6-8H2,1H3,(H,18,22). The van der Waals surface area contributed by atoms with Crippen molar-refractivity contribution in [3.05, 3.63) is 29.8 Å². The molecular weight excluding hydrogens is 294 g/mol. The lowest BCUT2D eigenvalue weighted by molar-refractivity contribution is -0.126. The maximum absolute atomic E-state index is 13.7. The van der Waals surface area contributed by atoms with E-state index in [9.17, 15) is 18.4 Å². The fraction of sp³-hybridized carbons (Fsp3) is 0.467. The Morgan fingerprint density at radius 3 is 2.86 bits per heavy atom. The first-order valence-electron chi connectivity index (χ1n) is 7.06. The van der Waals surface area contributed by atoms with Crippen LogP contribution in [-0.4, -0.2) is 36.6 Å². The molecule has 5 nitrogen and oxygen atoms in total. The lowest BCUT2D eigenvalue weighted by atomic mass is 10.1. The van der Waals surface area contributed by atoms with Gasteiger partial charge < -0.3 is 15.3 Å². The Hall–Kier alpha value is -2.02. The minimum atomic E-state index is -0.830. The van der Waals surface area contributed by atoms with E-state index < -0.39 is 17.6 Å². The number of hydrogen-bond donors (Lipinski definition) is 2. The van der Waals surface area contributed by atoms with E-state index in [1.807, 2.05) is 0 Å². The summed E-state index contributed by atoms with van der Waals surface area (Å²) in [5, 5.41) is 11.6. The highest BCUT2D eigenvalue weighted by molar-refractivity contribution is 6.00. The van der Waals surface area contributed by atoms with Gasteiger partial charge in [-0.15, -0.1) is 0 Å². The molecule has 0 radical (unpaired) electrons. The van der Waals surface area contributed by atoms with Crippen molar-refractivity contribution in [2.75, 3.05) is 24.6 Å². The van der Waals surface area contributed by atoms with Crippen molar-refractivity contribution < 1.29 is 23.5 Å². The molecule has 120 valence electrons. The monoisotopic (exact) mass is 312 g/mol. The van der Waals surface area contributed by atoms with E-state index in [2.05, 4.69) is 5.32 Å². The molecule has 2 unspecified atom stereocenters. The third kappa shape index (κ3) is 3.59. The van der Waals surface area contributed by atoms with E-state index in [1.165, 1.54) is 6.07 Å². The summed E-state index contributed by atoms with van der Waals surface area (Å²) in [6.07, 6.45) is -0.0177. The smallest absolute Gasteiger partial charge is 0.227 e. The second-order valence-electron chi connectivity index (χ2n) is 5.53. The van der Waals surface area contributed by atoms with Crippen LogP contribution in [0.4, 0.5) is 14.5 Å². The van der Waals surface area contributed by atoms with Gasteiger partial charge in [-0.3, -0.25) is 9.59 Å². The number of halogens is 2. The molecule has 1 heterocycles. The van der Waals surface area contributed by atoms with Crippen molar-refractivity contribution in [3.8, 4) is 0 Å². The van der Waals surface area contributed by atoms with Gasteiger partial charge in [-0.2, -0.15) is 0 Å². The zero-order valence-electron chi connectivity index (χ0n) is 12.2. The molecule has 1 aliphatic heterocycles. The minimum absolute atomic E-state index is 0.0177. The van der Waals surface area contributed by atoms with Crippen molar-refractivity contribution in [1.82, 2.24) is 5.32 Å². The molecule has 2 amide bonds. The lowest BCUT2D eigenvalue weighted by Crippen LogP contribution is -2.36. The lowest BCUT2D eigenvalue weighted by Gasteiger charge is -2.17. The third-order valence-electron chi connectivity index (χ3n) is 3.63. The molecule has 0 spiro atoms. The van der Waals surface area contributed by atoms with E-state index in [-0.39, 0.29) is 43.0 Å². The number of amides is 2. The van der Waals surface area contributed by atoms with Gasteiger partial charge in [-0.05, 0) is 18.1 Å². The van der Waals surface area contributed by atoms with E-state index in [1.54, 1.807) is 6.92 Å². The van der Waals surface area contributed by atoms with E-state index >= 15 is 0 Å². The summed E-state index contributed by atoms with van der Waals surface area (Å²) in [5.41, 5.74) is -0.0228. The predicted octanol–water partition coefficient (Wildman–Crippen LogP) is 1.06. The molecule has 7 heteroatoms. The van der Waals surface area contributed by atoms with Gasteiger partial charge in [-0.25, -0.2) is 8.78 Å². The molecule has 0 aliphatic carbocycles. The average molecular weight is 312 g/mol. The van der Waals surface area contributed by atoms with Crippen LogP contribution in [0.1, 0.15) is 13.3 Å². The number of rotatable bonds is 5. The van der Waals surface area contributed by atoms with Crippen LogP contribution < -0.4 is 10.2 Å². The van der Waals surface area contributed by atoms with Gasteiger partial charge in [0.1, 0.15) is 11.6 Å². The Morgan fingerprint density at radius 1 is 1.50 bits per heavy atom. The van der Waals surface area contributed by atoms with Crippen molar-refractivity contribution in [1.29, 1.82) is 0 Å². The van der Waals surface area contributed by atoms with Gasteiger partial charge in [0.05, 0.1) is 11.6 Å². The number of hydrogen-bond acceptors (Lipinski definition) is 3. The number of carbonyl (C=O) groups excluding carboxylic acids is 2. The number of nitrogens with zero attached hydrogens (tertiary/aromatic N) is 1. The maximum Gasteiger partial charge on any atom is 0.227 e. The molecule has 1 saturated heterocycles. The number of benzene rings is 1. The molecule has 1 aliphatic rings. The highest BCUT2D eigenvalue weighted by Gasteiger charge is 2.36. The maximum atomic E-state index is 13.7. The Morgan fingerprint density at radius 2 is 2.23 bits per heavy atom. The van der Waals surface area contributed by atoms with Crippen molar-refractivity contribution in [3.63, 3.8) is 0 Å². The van der Waals surface area contributed by atoms with Crippen LogP contribution in [0.5, 0.6) is 0 Å². The number of carbonyl (C=O) groups is 2. The van der Waals surface area contributed by atoms with E-state index in [0.717, 1.165) is 11.0 Å². The number of aliphatic hydroxyl groups is 1. The van der Waals surface area contributed by atoms with Gasteiger partial charge in [0.25, 0.3) is 0 Å². The highest BCUT2D eigenvalue weighted by atomic mass is 19.1. The summed E-state index contributed by atoms with van der Waals surface area (Å²) in [5.74, 6) is -2.89. The first-order valence-corrected chi connectivity index (χ1v) is 7.06. The van der Waals surface area contributed by atoms with Crippen molar-refractivity contribution in [2.45, 2.75) is 13.3 Å². The second-order valence-corrected chi connectivity index (χ2v) is 5.53. The number of nitrogens with one attached hydrogen (secondary N) is 1. The molecule has 2 rings (SSSR count). The van der Waals surface area contributed by atoms with Gasteiger partial charge in [0.2, 0.25) is 11.8 Å².